The standard InChI is InChI=1S/C16H24N2O3/c1-2-20-14-8-5-9-15(12-14)21-11-10-17-16(19)18-13-6-3-4-7-13/h5,8-9,12-13H,2-4,6-7,10-11H2,1H3,(H2,17,18,19). The molecular formula is C16H24N2O3. The molecular weight excluding hydrogens is 268 g/mol. The second-order valence-corrected chi connectivity index (χ2v) is 5.14. The molecule has 0 unspecified atom stereocenters. The van der Waals surface area contributed by atoms with Gasteiger partial charge in [-0.05, 0) is 31.9 Å². The highest BCUT2D eigenvalue weighted by molar-refractivity contribution is 5.74. The Balaban J connectivity index is 1.62. The van der Waals surface area contributed by atoms with Crippen LogP contribution in [-0.2, 0) is 0 Å². The average molecular weight is 292 g/mol. The van der Waals surface area contributed by atoms with Crippen LogP contribution in [0.3, 0.4) is 0 Å². The monoisotopic (exact) mass is 292 g/mol. The number of nitrogens with one attached hydrogen (secondary N) is 2. The highest BCUT2D eigenvalue weighted by Crippen LogP contribution is 2.19. The first-order chi connectivity index (χ1) is 10.3. The SMILES string of the molecule is CCOc1cccc(OCCNC(=O)NC2CCCC2)c1. The van der Waals surface area contributed by atoms with Crippen LogP contribution in [0.1, 0.15) is 32.6 Å². The maximum absolute atomic E-state index is 11.7. The van der Waals surface area contributed by atoms with Crippen molar-refractivity contribution in [2.45, 2.75) is 38.6 Å². The van der Waals surface area contributed by atoms with Gasteiger partial charge in [0.25, 0.3) is 0 Å². The molecule has 5 heteroatoms. The first-order valence-electron chi connectivity index (χ1n) is 7.68. The third-order valence-corrected chi connectivity index (χ3v) is 3.46. The molecule has 1 aliphatic carbocycles. The summed E-state index contributed by atoms with van der Waals surface area (Å²) in [7, 11) is 0. The van der Waals surface area contributed by atoms with E-state index >= 15 is 0 Å². The van der Waals surface area contributed by atoms with Gasteiger partial charge in [-0.2, -0.15) is 0 Å². The van der Waals surface area contributed by atoms with E-state index < -0.39 is 0 Å². The Labute approximate surface area is 126 Å². The summed E-state index contributed by atoms with van der Waals surface area (Å²) in [6.07, 6.45) is 4.61. The summed E-state index contributed by atoms with van der Waals surface area (Å²) >= 11 is 0. The number of benzene rings is 1. The summed E-state index contributed by atoms with van der Waals surface area (Å²) in [6, 6.07) is 7.75. The second kappa shape index (κ2) is 8.39. The van der Waals surface area contributed by atoms with E-state index in [1.807, 2.05) is 31.2 Å². The minimum absolute atomic E-state index is 0.103. The lowest BCUT2D eigenvalue weighted by Crippen LogP contribution is -2.42. The Morgan fingerprint density at radius 1 is 1.24 bits per heavy atom. The molecule has 0 atom stereocenters. The summed E-state index contributed by atoms with van der Waals surface area (Å²) in [5, 5.41) is 5.79. The summed E-state index contributed by atoms with van der Waals surface area (Å²) in [4.78, 5) is 11.7. The Morgan fingerprint density at radius 2 is 1.95 bits per heavy atom. The van der Waals surface area contributed by atoms with Gasteiger partial charge < -0.3 is 20.1 Å². The molecule has 2 amide bonds. The van der Waals surface area contributed by atoms with E-state index in [4.69, 9.17) is 9.47 Å². The van der Waals surface area contributed by atoms with Gasteiger partial charge in [-0.15, -0.1) is 0 Å². The zero-order valence-electron chi connectivity index (χ0n) is 12.6. The molecule has 1 aromatic carbocycles. The molecule has 2 N–H and O–H groups in total. The zero-order valence-corrected chi connectivity index (χ0v) is 12.6. The molecule has 0 heterocycles. The Morgan fingerprint density at radius 3 is 2.67 bits per heavy atom. The molecule has 0 aliphatic heterocycles. The van der Waals surface area contributed by atoms with E-state index in [0.717, 1.165) is 24.3 Å². The van der Waals surface area contributed by atoms with Crippen LogP contribution < -0.4 is 20.1 Å². The van der Waals surface area contributed by atoms with Crippen molar-refractivity contribution < 1.29 is 14.3 Å². The first kappa shape index (κ1) is 15.5. The van der Waals surface area contributed by atoms with Gasteiger partial charge >= 0.3 is 6.03 Å². The van der Waals surface area contributed by atoms with E-state index in [1.165, 1.54) is 12.8 Å². The number of carbonyl (C=O) groups is 1. The van der Waals surface area contributed by atoms with Crippen LogP contribution in [0.4, 0.5) is 4.79 Å². The third-order valence-electron chi connectivity index (χ3n) is 3.46. The van der Waals surface area contributed by atoms with Crippen LogP contribution in [0.25, 0.3) is 0 Å². The van der Waals surface area contributed by atoms with E-state index in [-0.39, 0.29) is 6.03 Å². The second-order valence-electron chi connectivity index (χ2n) is 5.14. The fraction of sp³-hybridized carbons (Fsp3) is 0.562. The normalized spacial score (nSPS) is 14.7. The van der Waals surface area contributed by atoms with Gasteiger partial charge in [-0.3, -0.25) is 0 Å². The maximum Gasteiger partial charge on any atom is 0.315 e. The molecule has 0 bridgehead atoms. The van der Waals surface area contributed by atoms with Crippen molar-refractivity contribution in [1.29, 1.82) is 0 Å². The molecule has 0 spiro atoms. The highest BCUT2D eigenvalue weighted by Gasteiger charge is 2.16. The topological polar surface area (TPSA) is 59.6 Å². The Bertz CT molecular complexity index is 445. The van der Waals surface area contributed by atoms with Gasteiger partial charge in [-0.1, -0.05) is 18.9 Å². The molecule has 5 nitrogen and oxygen atoms in total. The van der Waals surface area contributed by atoms with Gasteiger partial charge in [-0.25, -0.2) is 4.79 Å². The summed E-state index contributed by atoms with van der Waals surface area (Å²) < 4.78 is 11.0. The lowest BCUT2D eigenvalue weighted by molar-refractivity contribution is 0.232. The molecule has 116 valence electrons. The zero-order chi connectivity index (χ0) is 14.9. The van der Waals surface area contributed by atoms with E-state index in [9.17, 15) is 4.79 Å². The van der Waals surface area contributed by atoms with Crippen LogP contribution in [0.5, 0.6) is 11.5 Å². The predicted molar refractivity (Wildman–Crippen MR) is 81.9 cm³/mol. The molecule has 1 aliphatic rings. The van der Waals surface area contributed by atoms with E-state index in [1.54, 1.807) is 0 Å². The Hall–Kier alpha value is -1.91. The third kappa shape index (κ3) is 5.53. The largest absolute Gasteiger partial charge is 0.494 e. The number of hydrogen-bond donors (Lipinski definition) is 2. The smallest absolute Gasteiger partial charge is 0.315 e. The average Bonchev–Trinajstić information content (AvgIpc) is 2.97. The van der Waals surface area contributed by atoms with Gasteiger partial charge in [0, 0.05) is 12.1 Å². The predicted octanol–water partition coefficient (Wildman–Crippen LogP) is 2.71. The van der Waals surface area contributed by atoms with E-state index in [2.05, 4.69) is 10.6 Å². The molecule has 0 radical (unpaired) electrons. The minimum Gasteiger partial charge on any atom is -0.494 e. The number of urea groups is 1. The van der Waals surface area contributed by atoms with Crippen LogP contribution in [0.2, 0.25) is 0 Å². The lowest BCUT2D eigenvalue weighted by atomic mass is 10.2. The molecule has 1 saturated carbocycles. The van der Waals surface area contributed by atoms with Crippen molar-refractivity contribution in [2.24, 2.45) is 0 Å². The van der Waals surface area contributed by atoms with Gasteiger partial charge in [0.15, 0.2) is 0 Å². The Kier molecular flexibility index (Phi) is 6.19. The van der Waals surface area contributed by atoms with Crippen LogP contribution in [0, 0.1) is 0 Å². The number of rotatable bonds is 7. The first-order valence-corrected chi connectivity index (χ1v) is 7.68. The number of ether oxygens (including phenoxy) is 2. The molecule has 21 heavy (non-hydrogen) atoms. The lowest BCUT2D eigenvalue weighted by Gasteiger charge is -2.13. The van der Waals surface area contributed by atoms with Crippen molar-refractivity contribution >= 4 is 6.03 Å². The van der Waals surface area contributed by atoms with Crippen LogP contribution in [-0.4, -0.2) is 31.8 Å². The number of carbonyl (C=O) groups excluding carboxylic acids is 1. The molecule has 1 fully saturated rings. The summed E-state index contributed by atoms with van der Waals surface area (Å²) in [6.45, 7) is 3.50. The fourth-order valence-corrected chi connectivity index (χ4v) is 2.46. The minimum atomic E-state index is -0.103. The van der Waals surface area contributed by atoms with Crippen LogP contribution in [0.15, 0.2) is 24.3 Å². The summed E-state index contributed by atoms with van der Waals surface area (Å²) in [5.74, 6) is 1.54. The quantitative estimate of drug-likeness (QED) is 0.760. The van der Waals surface area contributed by atoms with Crippen LogP contribution >= 0.6 is 0 Å². The maximum atomic E-state index is 11.7. The van der Waals surface area contributed by atoms with Crippen molar-refractivity contribution in [3.8, 4) is 11.5 Å². The number of hydrogen-bond acceptors (Lipinski definition) is 3. The van der Waals surface area contributed by atoms with E-state index in [0.29, 0.717) is 25.8 Å². The van der Waals surface area contributed by atoms with Crippen molar-refractivity contribution in [1.82, 2.24) is 10.6 Å². The van der Waals surface area contributed by atoms with Crippen molar-refractivity contribution in [2.75, 3.05) is 19.8 Å². The number of amides is 2. The highest BCUT2D eigenvalue weighted by atomic mass is 16.5. The van der Waals surface area contributed by atoms with Crippen molar-refractivity contribution in [3.05, 3.63) is 24.3 Å². The molecule has 2 rings (SSSR count). The molecule has 0 aromatic heterocycles. The fourth-order valence-electron chi connectivity index (χ4n) is 2.46. The van der Waals surface area contributed by atoms with Gasteiger partial charge in [0.1, 0.15) is 18.1 Å². The summed E-state index contributed by atoms with van der Waals surface area (Å²) in [5.41, 5.74) is 0. The molecule has 0 saturated heterocycles. The molecule has 1 aromatic rings. The van der Waals surface area contributed by atoms with Gasteiger partial charge in [0.2, 0.25) is 0 Å². The van der Waals surface area contributed by atoms with Crippen molar-refractivity contribution in [3.63, 3.8) is 0 Å². The van der Waals surface area contributed by atoms with Gasteiger partial charge in [0.05, 0.1) is 13.2 Å².